The number of benzene rings is 3. The van der Waals surface area contributed by atoms with Crippen molar-refractivity contribution in [2.24, 2.45) is 5.11 Å². The van der Waals surface area contributed by atoms with Crippen LogP contribution in [0.2, 0.25) is 0 Å². The fraction of sp³-hybridized carbons (Fsp3) is 0.511. The van der Waals surface area contributed by atoms with Crippen molar-refractivity contribution in [3.05, 3.63) is 93.4 Å². The standard InChI is InChI=1S/C47H59N3O23S3/c1-30(51)65-27-43-44(67-31(2)52)45(68-32(3)53)46(69-33(4)54)47(71-43)70-41-16-12-36(39(55)8-7-18-62-20-22-64-23-21-63-19-17-49-50-48)25-42(41)73-76(60,61)72-38-13-9-34(10-14-38)26-66-40-15-11-35(28-74(5,56)57)24-37(40)29-75(6,58)59/h9-16,24-25,43-47H,7-8,17-23,26-29H2,1-6H3/t43-,44+,45+,46-,47?/m0/s1. The fourth-order valence-corrected chi connectivity index (χ4v) is 9.34. The van der Waals surface area contributed by atoms with Gasteiger partial charge in [0.05, 0.1) is 44.5 Å². The lowest BCUT2D eigenvalue weighted by Crippen LogP contribution is -2.63. The lowest BCUT2D eigenvalue weighted by atomic mass is 9.98. The van der Waals surface area contributed by atoms with E-state index in [1.54, 1.807) is 0 Å². The van der Waals surface area contributed by atoms with Crippen LogP contribution in [-0.4, -0.2) is 151 Å². The highest BCUT2D eigenvalue weighted by molar-refractivity contribution is 7.90. The maximum Gasteiger partial charge on any atom is 0.501 e. The molecule has 1 saturated heterocycles. The maximum absolute atomic E-state index is 13.7. The molecule has 26 nitrogen and oxygen atoms in total. The number of azide groups is 1. The largest absolute Gasteiger partial charge is 0.501 e. The van der Waals surface area contributed by atoms with E-state index in [1.807, 2.05) is 0 Å². The Morgan fingerprint density at radius 1 is 0.632 bits per heavy atom. The number of carbonyl (C=O) groups excluding carboxylic acids is 5. The van der Waals surface area contributed by atoms with Crippen molar-refractivity contribution in [1.82, 2.24) is 0 Å². The van der Waals surface area contributed by atoms with E-state index in [-0.39, 0.29) is 94.0 Å². The van der Waals surface area contributed by atoms with Crippen LogP contribution in [0.25, 0.3) is 10.4 Å². The first-order chi connectivity index (χ1) is 35.8. The minimum Gasteiger partial charge on any atom is -0.489 e. The highest BCUT2D eigenvalue weighted by atomic mass is 32.3. The number of rotatable bonds is 32. The van der Waals surface area contributed by atoms with Crippen LogP contribution in [0, 0.1) is 0 Å². The summed E-state index contributed by atoms with van der Waals surface area (Å²) in [5.41, 5.74) is 9.27. The zero-order valence-electron chi connectivity index (χ0n) is 42.3. The molecule has 1 aliphatic heterocycles. The van der Waals surface area contributed by atoms with Gasteiger partial charge in [-0.25, -0.2) is 16.8 Å². The van der Waals surface area contributed by atoms with Gasteiger partial charge in [-0.2, -0.15) is 0 Å². The molecule has 5 atom stereocenters. The number of carbonyl (C=O) groups is 5. The normalized spacial score (nSPS) is 17.5. The third kappa shape index (κ3) is 22.7. The molecule has 76 heavy (non-hydrogen) atoms. The molecular weight excluding hydrogens is 1070 g/mol. The summed E-state index contributed by atoms with van der Waals surface area (Å²) in [5.74, 6) is -6.06. The first-order valence-corrected chi connectivity index (χ1v) is 28.5. The molecule has 0 bridgehead atoms. The lowest BCUT2D eigenvalue weighted by molar-refractivity contribution is -0.288. The SMILES string of the molecule is CC(=O)OC[C@@H]1OC(Oc2ccc(C(=O)CCCOCCOCCOCCN=[N+]=[N-])cc2OS(=O)(=O)Oc2ccc(COc3ccc(CS(C)(=O)=O)cc3CS(C)(=O)=O)cc2)[C@@H](OC(C)=O)[C@H](OC(C)=O)[C@@H]1OC(C)=O. The van der Waals surface area contributed by atoms with Crippen molar-refractivity contribution in [3.63, 3.8) is 0 Å². The first-order valence-electron chi connectivity index (χ1n) is 23.0. The summed E-state index contributed by atoms with van der Waals surface area (Å²) >= 11 is 0. The van der Waals surface area contributed by atoms with E-state index in [0.717, 1.165) is 52.3 Å². The Labute approximate surface area is 439 Å². The summed E-state index contributed by atoms with van der Waals surface area (Å²) in [6, 6.07) is 13.2. The van der Waals surface area contributed by atoms with Gasteiger partial charge in [0.1, 0.15) is 30.8 Å². The van der Waals surface area contributed by atoms with Crippen LogP contribution in [0.15, 0.2) is 65.8 Å². The molecule has 0 aliphatic carbocycles. The Kier molecular flexibility index (Phi) is 24.2. The monoisotopic (exact) mass is 1130 g/mol. The summed E-state index contributed by atoms with van der Waals surface area (Å²) in [5, 5.41) is 3.36. The molecule has 4 rings (SSSR count). The number of esters is 4. The average Bonchev–Trinajstić information content (AvgIpc) is 3.30. The molecule has 0 radical (unpaired) electrons. The zero-order valence-corrected chi connectivity index (χ0v) is 44.8. The lowest BCUT2D eigenvalue weighted by Gasteiger charge is -2.43. The van der Waals surface area contributed by atoms with Gasteiger partial charge in [0.25, 0.3) is 0 Å². The molecule has 3 aromatic rings. The molecule has 1 heterocycles. The topological polar surface area (TPSA) is 347 Å². The summed E-state index contributed by atoms with van der Waals surface area (Å²) in [6.45, 7) is 4.93. The fourth-order valence-electron chi connectivity index (χ4n) is 7.03. The van der Waals surface area contributed by atoms with E-state index < -0.39 is 114 Å². The van der Waals surface area contributed by atoms with Crippen LogP contribution < -0.4 is 17.8 Å². The van der Waals surface area contributed by atoms with Gasteiger partial charge in [-0.1, -0.05) is 29.4 Å². The molecule has 0 N–H and O–H groups in total. The molecule has 0 amide bonds. The molecule has 1 unspecified atom stereocenters. The van der Waals surface area contributed by atoms with Crippen molar-refractivity contribution in [1.29, 1.82) is 0 Å². The van der Waals surface area contributed by atoms with E-state index in [9.17, 15) is 49.2 Å². The van der Waals surface area contributed by atoms with E-state index >= 15 is 0 Å². The van der Waals surface area contributed by atoms with Crippen molar-refractivity contribution >= 4 is 59.7 Å². The highest BCUT2D eigenvalue weighted by Gasteiger charge is 2.53. The molecule has 0 aromatic heterocycles. The van der Waals surface area contributed by atoms with Gasteiger partial charge in [-0.15, -0.1) is 8.42 Å². The number of ether oxygens (including phenoxy) is 10. The van der Waals surface area contributed by atoms with Gasteiger partial charge in [-0.3, -0.25) is 24.0 Å². The molecule has 0 saturated carbocycles. The Hall–Kier alpha value is -6.59. The number of ketones is 1. The molecule has 1 fully saturated rings. The molecule has 3 aromatic carbocycles. The van der Waals surface area contributed by atoms with Crippen molar-refractivity contribution in [2.45, 2.75) is 89.4 Å². The van der Waals surface area contributed by atoms with Gasteiger partial charge in [0.2, 0.25) is 12.4 Å². The van der Waals surface area contributed by atoms with Gasteiger partial charge in [0, 0.05) is 75.8 Å². The third-order valence-corrected chi connectivity index (χ3v) is 12.4. The average molecular weight is 1130 g/mol. The van der Waals surface area contributed by atoms with E-state index in [4.69, 9.17) is 61.3 Å². The van der Waals surface area contributed by atoms with Crippen LogP contribution in [0.1, 0.15) is 67.6 Å². The number of nitrogens with zero attached hydrogens (tertiary/aromatic N) is 3. The summed E-state index contributed by atoms with van der Waals surface area (Å²) in [6.07, 6.45) is -6.08. The third-order valence-electron chi connectivity index (χ3n) is 9.97. The summed E-state index contributed by atoms with van der Waals surface area (Å²) in [7, 11) is -12.1. The van der Waals surface area contributed by atoms with Crippen LogP contribution in [0.3, 0.4) is 0 Å². The minimum absolute atomic E-state index is 0.0722. The molecule has 29 heteroatoms. The first kappa shape index (κ1) is 62.0. The van der Waals surface area contributed by atoms with Crippen molar-refractivity contribution < 1.29 is 105 Å². The Bertz CT molecular complexity index is 2880. The Balaban J connectivity index is 1.58. The maximum atomic E-state index is 13.7. The number of sulfone groups is 2. The Morgan fingerprint density at radius 3 is 1.82 bits per heavy atom. The second-order valence-electron chi connectivity index (χ2n) is 16.8. The van der Waals surface area contributed by atoms with E-state index in [0.29, 0.717) is 11.1 Å². The summed E-state index contributed by atoms with van der Waals surface area (Å²) < 4.78 is 142. The number of hydrogen-bond acceptors (Lipinski definition) is 24. The number of hydrogen-bond donors (Lipinski definition) is 0. The van der Waals surface area contributed by atoms with Crippen molar-refractivity contribution in [3.8, 4) is 23.0 Å². The zero-order chi connectivity index (χ0) is 56.1. The van der Waals surface area contributed by atoms with Crippen LogP contribution in [0.4, 0.5) is 0 Å². The number of Topliss-reactive ketones (excluding diaryl/α,β-unsaturated/α-hetero) is 1. The van der Waals surface area contributed by atoms with Crippen molar-refractivity contribution in [2.75, 3.05) is 65.3 Å². The minimum atomic E-state index is -5.14. The van der Waals surface area contributed by atoms with Gasteiger partial charge >= 0.3 is 34.3 Å². The second kappa shape index (κ2) is 29.6. The molecule has 0 spiro atoms. The van der Waals surface area contributed by atoms with Gasteiger partial charge in [-0.05, 0) is 59.5 Å². The van der Waals surface area contributed by atoms with Crippen LogP contribution in [-0.2, 0) is 105 Å². The van der Waals surface area contributed by atoms with Gasteiger partial charge in [0.15, 0.2) is 49.2 Å². The smallest absolute Gasteiger partial charge is 0.489 e. The molecule has 1 aliphatic rings. The van der Waals surface area contributed by atoms with Crippen LogP contribution >= 0.6 is 0 Å². The quantitative estimate of drug-likeness (QED) is 0.0163. The summed E-state index contributed by atoms with van der Waals surface area (Å²) in [4.78, 5) is 65.2. The highest BCUT2D eigenvalue weighted by Crippen LogP contribution is 2.37. The van der Waals surface area contributed by atoms with Gasteiger partial charge < -0.3 is 55.7 Å². The molecular formula is C47H59N3O23S3. The second-order valence-corrected chi connectivity index (χ2v) is 22.2. The predicted octanol–water partition coefficient (Wildman–Crippen LogP) is 3.84. The van der Waals surface area contributed by atoms with E-state index in [1.165, 1.54) is 48.5 Å². The Morgan fingerprint density at radius 2 is 1.21 bits per heavy atom. The predicted molar refractivity (Wildman–Crippen MR) is 264 cm³/mol. The molecule has 418 valence electrons. The van der Waals surface area contributed by atoms with Crippen LogP contribution in [0.5, 0.6) is 23.0 Å². The van der Waals surface area contributed by atoms with E-state index in [2.05, 4.69) is 10.0 Å².